The summed E-state index contributed by atoms with van der Waals surface area (Å²) in [5, 5.41) is 14.0. The third-order valence-corrected chi connectivity index (χ3v) is 10.7. The molecular weight excluding hydrogens is 622 g/mol. The first-order valence-electron chi connectivity index (χ1n) is 16.6. The molecule has 5 N–H and O–H groups in total. The minimum Gasteiger partial charge on any atom is -0.347 e. The lowest BCUT2D eigenvalue weighted by molar-refractivity contribution is -0.992. The monoisotopic (exact) mass is 668 g/mol. The highest BCUT2D eigenvalue weighted by Gasteiger charge is 2.70. The van der Waals surface area contributed by atoms with Gasteiger partial charge in [-0.1, -0.05) is 12.8 Å². The maximum absolute atomic E-state index is 13.7. The van der Waals surface area contributed by atoms with Crippen molar-refractivity contribution in [2.45, 2.75) is 94.7 Å². The van der Waals surface area contributed by atoms with Gasteiger partial charge in [0.05, 0.1) is 38.4 Å². The SMILES string of the molecule is CCN1C(=O)C[N+](C)(C(C)(C)[C@@H](C=O)NC(=O)CNC(=O)c2cnccn2)C12CN[C@H](C(=O)NC(CC1CC1)C(=O)C(=O)NC1CC1)C2. The van der Waals surface area contributed by atoms with Gasteiger partial charge in [0.2, 0.25) is 17.6 Å². The summed E-state index contributed by atoms with van der Waals surface area (Å²) in [4.78, 5) is 100. The zero-order valence-corrected chi connectivity index (χ0v) is 27.9. The van der Waals surface area contributed by atoms with E-state index in [1.807, 2.05) is 14.0 Å². The number of Topliss-reactive ketones (excluding diaryl/α,β-unsaturated/α-hetero) is 1. The molecule has 5 rings (SSSR count). The number of amides is 5. The maximum Gasteiger partial charge on any atom is 0.289 e. The zero-order chi connectivity index (χ0) is 34.9. The average Bonchev–Trinajstić information content (AvgIpc) is 4.00. The molecule has 16 heteroatoms. The predicted octanol–water partition coefficient (Wildman–Crippen LogP) is -1.83. The highest BCUT2D eigenvalue weighted by molar-refractivity contribution is 6.38. The molecule has 2 saturated heterocycles. The van der Waals surface area contributed by atoms with Crippen LogP contribution < -0.4 is 26.6 Å². The number of nitrogens with zero attached hydrogens (tertiary/aromatic N) is 4. The Bertz CT molecular complexity index is 1460. The highest BCUT2D eigenvalue weighted by Crippen LogP contribution is 2.47. The Morgan fingerprint density at radius 1 is 1.15 bits per heavy atom. The molecule has 0 aromatic carbocycles. The van der Waals surface area contributed by atoms with Gasteiger partial charge in [0.15, 0.2) is 12.2 Å². The number of aldehydes is 1. The molecule has 4 fully saturated rings. The number of carbonyl (C=O) groups is 7. The van der Waals surface area contributed by atoms with Gasteiger partial charge in [-0.25, -0.2) is 4.98 Å². The number of rotatable bonds is 15. The Labute approximate surface area is 279 Å². The summed E-state index contributed by atoms with van der Waals surface area (Å²) in [7, 11) is 1.84. The lowest BCUT2D eigenvalue weighted by Gasteiger charge is -2.55. The molecule has 16 nitrogen and oxygen atoms in total. The fourth-order valence-corrected chi connectivity index (χ4v) is 7.15. The van der Waals surface area contributed by atoms with Crippen LogP contribution in [0.2, 0.25) is 0 Å². The van der Waals surface area contributed by atoms with Crippen LogP contribution in [0.1, 0.15) is 69.8 Å². The van der Waals surface area contributed by atoms with E-state index in [9.17, 15) is 33.6 Å². The van der Waals surface area contributed by atoms with Crippen molar-refractivity contribution in [3.05, 3.63) is 24.3 Å². The third-order valence-electron chi connectivity index (χ3n) is 10.7. The molecule has 2 aliphatic heterocycles. The Morgan fingerprint density at radius 3 is 2.48 bits per heavy atom. The van der Waals surface area contributed by atoms with Gasteiger partial charge < -0.3 is 26.1 Å². The Morgan fingerprint density at radius 2 is 1.88 bits per heavy atom. The van der Waals surface area contributed by atoms with Crippen LogP contribution in [0, 0.1) is 5.92 Å². The van der Waals surface area contributed by atoms with Crippen LogP contribution in [0.15, 0.2) is 18.6 Å². The number of quaternary nitrogens is 1. The van der Waals surface area contributed by atoms with E-state index in [0.29, 0.717) is 19.3 Å². The van der Waals surface area contributed by atoms with Crippen LogP contribution >= 0.6 is 0 Å². The molecule has 3 unspecified atom stereocenters. The average molecular weight is 669 g/mol. The molecule has 48 heavy (non-hydrogen) atoms. The number of aromatic nitrogens is 2. The summed E-state index contributed by atoms with van der Waals surface area (Å²) in [5.41, 5.74) is -2.03. The van der Waals surface area contributed by atoms with Crippen molar-refractivity contribution in [2.24, 2.45) is 5.92 Å². The van der Waals surface area contributed by atoms with E-state index in [-0.39, 0.29) is 47.6 Å². The molecule has 4 aliphatic rings. The number of hydrogen-bond acceptors (Lipinski definition) is 10. The molecule has 0 radical (unpaired) electrons. The van der Waals surface area contributed by atoms with Gasteiger partial charge in [0.1, 0.15) is 23.6 Å². The summed E-state index contributed by atoms with van der Waals surface area (Å²) < 4.78 is -0.00662. The van der Waals surface area contributed by atoms with Crippen LogP contribution in [0.3, 0.4) is 0 Å². The number of likely N-dealkylation sites (N-methyl/N-ethyl adjacent to an activating group) is 2. The van der Waals surface area contributed by atoms with E-state index in [0.717, 1.165) is 25.7 Å². The van der Waals surface area contributed by atoms with Gasteiger partial charge in [-0.3, -0.25) is 48.5 Å². The van der Waals surface area contributed by atoms with Gasteiger partial charge in [0.25, 0.3) is 17.7 Å². The molecular formula is C32H46N9O7+. The van der Waals surface area contributed by atoms with Crippen LogP contribution in [0.25, 0.3) is 0 Å². The van der Waals surface area contributed by atoms with Gasteiger partial charge in [0, 0.05) is 31.4 Å². The van der Waals surface area contributed by atoms with Crippen molar-refractivity contribution in [2.75, 3.05) is 33.2 Å². The molecule has 1 aromatic heterocycles. The minimum atomic E-state index is -1.08. The first-order chi connectivity index (χ1) is 22.8. The van der Waals surface area contributed by atoms with Crippen LogP contribution in [-0.4, -0.2) is 130 Å². The summed E-state index contributed by atoms with van der Waals surface area (Å²) >= 11 is 0. The molecule has 2 saturated carbocycles. The van der Waals surface area contributed by atoms with Crippen molar-refractivity contribution >= 4 is 41.6 Å². The predicted molar refractivity (Wildman–Crippen MR) is 169 cm³/mol. The van der Waals surface area contributed by atoms with Crippen LogP contribution in [0.5, 0.6) is 0 Å². The molecule has 2 aliphatic carbocycles. The first kappa shape index (κ1) is 35.0. The lowest BCUT2D eigenvalue weighted by atomic mass is 9.85. The first-order valence-corrected chi connectivity index (χ1v) is 16.6. The standard InChI is InChI=1S/C32H45N9O7/c1-5-40-26(44)16-41(4,31(2,3)24(17-42)39-25(43)15-35-28(46)23-14-33-10-11-34-23)32(40)13-22(36-18-32)29(47)38-21(12-19-6-7-19)27(45)30(48)37-20-8-9-20/h10-11,14,17,19-22,24,36H,5-9,12-13,15-16,18H2,1-4H3,(H3-,35,37,38,39,43,46,47,48)/p+1/t21?,22-,24+,32?,41?/m0/s1. The quantitative estimate of drug-likeness (QED) is 0.0802. The van der Waals surface area contributed by atoms with Gasteiger partial charge in [-0.15, -0.1) is 0 Å². The second-order valence-corrected chi connectivity index (χ2v) is 14.1. The van der Waals surface area contributed by atoms with E-state index in [4.69, 9.17) is 0 Å². The van der Waals surface area contributed by atoms with Crippen molar-refractivity contribution in [1.82, 2.24) is 41.5 Å². The van der Waals surface area contributed by atoms with E-state index in [1.54, 1.807) is 18.7 Å². The van der Waals surface area contributed by atoms with Gasteiger partial charge >= 0.3 is 0 Å². The van der Waals surface area contributed by atoms with Crippen molar-refractivity contribution in [1.29, 1.82) is 0 Å². The topological polar surface area (TPSA) is 209 Å². The molecule has 0 bridgehead atoms. The zero-order valence-electron chi connectivity index (χ0n) is 27.9. The van der Waals surface area contributed by atoms with E-state index in [1.165, 1.54) is 18.6 Å². The van der Waals surface area contributed by atoms with Crippen molar-refractivity contribution in [3.63, 3.8) is 0 Å². The normalized spacial score (nSPS) is 26.5. The molecule has 1 spiro atoms. The fourth-order valence-electron chi connectivity index (χ4n) is 7.15. The molecule has 1 aromatic rings. The molecule has 5 atom stereocenters. The van der Waals surface area contributed by atoms with E-state index >= 15 is 0 Å². The van der Waals surface area contributed by atoms with Crippen molar-refractivity contribution in [3.8, 4) is 0 Å². The number of ketones is 1. The summed E-state index contributed by atoms with van der Waals surface area (Å²) in [5.74, 6) is -2.89. The molecule has 3 heterocycles. The lowest BCUT2D eigenvalue weighted by Crippen LogP contribution is -2.77. The Balaban J connectivity index is 1.30. The number of nitrogens with one attached hydrogen (secondary N) is 5. The second kappa shape index (κ2) is 13.7. The maximum atomic E-state index is 13.7. The largest absolute Gasteiger partial charge is 0.347 e. The van der Waals surface area contributed by atoms with E-state index in [2.05, 4.69) is 36.6 Å². The van der Waals surface area contributed by atoms with Gasteiger partial charge in [-0.2, -0.15) is 0 Å². The Hall–Kier alpha value is -4.31. The molecule has 260 valence electrons. The van der Waals surface area contributed by atoms with Crippen LogP contribution in [0.4, 0.5) is 0 Å². The summed E-state index contributed by atoms with van der Waals surface area (Å²) in [6.07, 6.45) is 8.76. The highest BCUT2D eigenvalue weighted by atomic mass is 16.2. The third kappa shape index (κ3) is 6.81. The molecule has 5 amide bonds. The summed E-state index contributed by atoms with van der Waals surface area (Å²) in [6, 6.07) is -2.81. The fraction of sp³-hybridized carbons (Fsp3) is 0.656. The number of carbonyl (C=O) groups excluding carboxylic acids is 7. The van der Waals surface area contributed by atoms with Gasteiger partial charge in [-0.05, 0) is 46.0 Å². The van der Waals surface area contributed by atoms with E-state index < -0.39 is 65.3 Å². The number of hydrogen-bond donors (Lipinski definition) is 5. The minimum absolute atomic E-state index is 0.00457. The summed E-state index contributed by atoms with van der Waals surface area (Å²) in [6.45, 7) is 5.55. The smallest absolute Gasteiger partial charge is 0.289 e. The Kier molecular flexibility index (Phi) is 9.97. The van der Waals surface area contributed by atoms with Crippen LogP contribution in [-0.2, 0) is 28.8 Å². The second-order valence-electron chi connectivity index (χ2n) is 14.1. The van der Waals surface area contributed by atoms with Crippen molar-refractivity contribution < 1.29 is 38.0 Å².